The highest BCUT2D eigenvalue weighted by Crippen LogP contribution is 2.60. The van der Waals surface area contributed by atoms with Gasteiger partial charge in [0.2, 0.25) is 5.91 Å². The molecule has 4 fully saturated rings. The van der Waals surface area contributed by atoms with Crippen molar-refractivity contribution in [1.29, 1.82) is 0 Å². The second-order valence-electron chi connectivity index (χ2n) is 8.45. The molecule has 0 spiro atoms. The zero-order valence-corrected chi connectivity index (χ0v) is 16.3. The maximum absolute atomic E-state index is 12.8. The molecule has 0 aliphatic heterocycles. The summed E-state index contributed by atoms with van der Waals surface area (Å²) in [4.78, 5) is 40.5. The third kappa shape index (κ3) is 4.14. The van der Waals surface area contributed by atoms with Crippen LogP contribution in [-0.4, -0.2) is 35.9 Å². The summed E-state index contributed by atoms with van der Waals surface area (Å²) in [6.07, 6.45) is 8.00. The monoisotopic (exact) mass is 405 g/mol. The van der Waals surface area contributed by atoms with Crippen LogP contribution in [0.5, 0.6) is 0 Å². The molecule has 4 aliphatic carbocycles. The molecule has 150 valence electrons. The summed E-state index contributed by atoms with van der Waals surface area (Å²) < 4.78 is 4.95. The average molecular weight is 406 g/mol. The maximum atomic E-state index is 12.8. The Morgan fingerprint density at radius 3 is 2.32 bits per heavy atom. The highest BCUT2D eigenvalue weighted by molar-refractivity contribution is 6.30. The lowest BCUT2D eigenvalue weighted by molar-refractivity contribution is -0.152. The van der Waals surface area contributed by atoms with E-state index < -0.39 is 18.5 Å². The Balaban J connectivity index is 1.21. The molecule has 2 N–H and O–H groups in total. The molecule has 0 radical (unpaired) electrons. The highest BCUT2D eigenvalue weighted by atomic mass is 35.5. The zero-order chi connectivity index (χ0) is 19.7. The molecule has 4 bridgehead atoms. The SMILES string of the molecule is O=C(COC(=O)CNC(=O)C12CC3CC(CC(C3)C1)C2)Nc1ccc(Cl)cn1. The van der Waals surface area contributed by atoms with E-state index in [9.17, 15) is 14.4 Å². The van der Waals surface area contributed by atoms with E-state index in [2.05, 4.69) is 15.6 Å². The van der Waals surface area contributed by atoms with Crippen LogP contribution in [0.3, 0.4) is 0 Å². The third-order valence-electron chi connectivity index (χ3n) is 6.27. The Hall–Kier alpha value is -2.15. The van der Waals surface area contributed by atoms with E-state index in [0.717, 1.165) is 19.3 Å². The molecule has 2 amide bonds. The first-order valence-electron chi connectivity index (χ1n) is 9.77. The van der Waals surface area contributed by atoms with Crippen LogP contribution in [0.2, 0.25) is 5.02 Å². The van der Waals surface area contributed by atoms with Crippen molar-refractivity contribution in [2.75, 3.05) is 18.5 Å². The Morgan fingerprint density at radius 2 is 1.75 bits per heavy atom. The van der Waals surface area contributed by atoms with Crippen molar-refractivity contribution in [3.8, 4) is 0 Å². The molecule has 1 aromatic rings. The minimum atomic E-state index is -0.628. The molecule has 4 saturated carbocycles. The third-order valence-corrected chi connectivity index (χ3v) is 6.50. The smallest absolute Gasteiger partial charge is 0.325 e. The topological polar surface area (TPSA) is 97.4 Å². The standard InChI is InChI=1S/C20H24ClN3O4/c21-15-1-2-16(22-9-15)24-17(25)11-28-18(26)10-23-19(27)20-6-12-3-13(7-20)5-14(4-12)8-20/h1-2,9,12-14H,3-8,10-11H2,(H,23,27)(H,22,24,25). The Labute approximate surface area is 168 Å². The summed E-state index contributed by atoms with van der Waals surface area (Å²) in [7, 11) is 0. The van der Waals surface area contributed by atoms with Gasteiger partial charge in [-0.15, -0.1) is 0 Å². The van der Waals surface area contributed by atoms with Crippen molar-refractivity contribution >= 4 is 35.2 Å². The van der Waals surface area contributed by atoms with Crippen molar-refractivity contribution < 1.29 is 19.1 Å². The van der Waals surface area contributed by atoms with Crippen LogP contribution in [0.1, 0.15) is 38.5 Å². The van der Waals surface area contributed by atoms with Gasteiger partial charge in [0.15, 0.2) is 6.61 Å². The Morgan fingerprint density at radius 1 is 1.11 bits per heavy atom. The number of aromatic nitrogens is 1. The molecule has 8 heteroatoms. The van der Waals surface area contributed by atoms with Crippen LogP contribution >= 0.6 is 11.6 Å². The lowest BCUT2D eigenvalue weighted by atomic mass is 9.49. The van der Waals surface area contributed by atoms with Crippen LogP contribution in [-0.2, 0) is 19.1 Å². The first-order chi connectivity index (χ1) is 13.4. The van der Waals surface area contributed by atoms with E-state index in [1.54, 1.807) is 12.1 Å². The number of ether oxygens (including phenoxy) is 1. The summed E-state index contributed by atoms with van der Waals surface area (Å²) >= 11 is 5.73. The van der Waals surface area contributed by atoms with E-state index in [1.807, 2.05) is 0 Å². The quantitative estimate of drug-likeness (QED) is 0.709. The zero-order valence-electron chi connectivity index (χ0n) is 15.6. The molecule has 28 heavy (non-hydrogen) atoms. The van der Waals surface area contributed by atoms with Crippen LogP contribution in [0.4, 0.5) is 5.82 Å². The molecule has 4 aliphatic rings. The van der Waals surface area contributed by atoms with Gasteiger partial charge in [0.05, 0.1) is 5.02 Å². The molecule has 0 aromatic carbocycles. The van der Waals surface area contributed by atoms with Crippen molar-refractivity contribution in [2.45, 2.75) is 38.5 Å². The lowest BCUT2D eigenvalue weighted by Crippen LogP contribution is -2.54. The molecule has 0 atom stereocenters. The molecule has 5 rings (SSSR count). The van der Waals surface area contributed by atoms with Gasteiger partial charge < -0.3 is 15.4 Å². The number of esters is 1. The summed E-state index contributed by atoms with van der Waals surface area (Å²) in [5, 5.41) is 5.71. The fourth-order valence-corrected chi connectivity index (χ4v) is 5.67. The van der Waals surface area contributed by atoms with E-state index >= 15 is 0 Å². The van der Waals surface area contributed by atoms with Crippen LogP contribution in [0, 0.1) is 23.2 Å². The summed E-state index contributed by atoms with van der Waals surface area (Å²) in [6.45, 7) is -0.649. The first-order valence-corrected chi connectivity index (χ1v) is 10.1. The van der Waals surface area contributed by atoms with Crippen molar-refractivity contribution in [3.63, 3.8) is 0 Å². The molecular weight excluding hydrogens is 382 g/mol. The fourth-order valence-electron chi connectivity index (χ4n) is 5.55. The van der Waals surface area contributed by atoms with Gasteiger partial charge in [0.1, 0.15) is 12.4 Å². The van der Waals surface area contributed by atoms with Gasteiger partial charge >= 0.3 is 5.97 Å². The van der Waals surface area contributed by atoms with Gasteiger partial charge in [-0.1, -0.05) is 11.6 Å². The van der Waals surface area contributed by atoms with Gasteiger partial charge in [-0.3, -0.25) is 14.4 Å². The van der Waals surface area contributed by atoms with Gasteiger partial charge in [0.25, 0.3) is 5.91 Å². The number of carbonyl (C=O) groups excluding carboxylic acids is 3. The van der Waals surface area contributed by atoms with E-state index in [4.69, 9.17) is 16.3 Å². The number of hydrogen-bond acceptors (Lipinski definition) is 5. The predicted molar refractivity (Wildman–Crippen MR) is 102 cm³/mol. The normalized spacial score (nSPS) is 30.0. The van der Waals surface area contributed by atoms with Crippen molar-refractivity contribution in [2.24, 2.45) is 23.2 Å². The van der Waals surface area contributed by atoms with E-state index in [1.165, 1.54) is 25.5 Å². The van der Waals surface area contributed by atoms with Crippen molar-refractivity contribution in [3.05, 3.63) is 23.4 Å². The fraction of sp³-hybridized carbons (Fsp3) is 0.600. The molecule has 0 unspecified atom stereocenters. The minimum absolute atomic E-state index is 0.0293. The number of anilines is 1. The summed E-state index contributed by atoms with van der Waals surface area (Å²) in [5.74, 6) is 1.14. The van der Waals surface area contributed by atoms with Crippen LogP contribution in [0.15, 0.2) is 18.3 Å². The van der Waals surface area contributed by atoms with Gasteiger partial charge in [-0.2, -0.15) is 0 Å². The second kappa shape index (κ2) is 7.70. The molecule has 7 nitrogen and oxygen atoms in total. The molecule has 0 saturated heterocycles. The summed E-state index contributed by atoms with van der Waals surface area (Å²) in [6, 6.07) is 3.14. The second-order valence-corrected chi connectivity index (χ2v) is 8.89. The number of hydrogen-bond donors (Lipinski definition) is 2. The minimum Gasteiger partial charge on any atom is -0.454 e. The number of pyridine rings is 1. The lowest BCUT2D eigenvalue weighted by Gasteiger charge is -2.55. The van der Waals surface area contributed by atoms with E-state index in [0.29, 0.717) is 28.6 Å². The number of nitrogens with one attached hydrogen (secondary N) is 2. The summed E-state index contributed by atoms with van der Waals surface area (Å²) in [5.41, 5.74) is -0.299. The Bertz CT molecular complexity index is 745. The van der Waals surface area contributed by atoms with Gasteiger partial charge in [-0.25, -0.2) is 4.98 Å². The van der Waals surface area contributed by atoms with Gasteiger partial charge in [0, 0.05) is 11.6 Å². The highest BCUT2D eigenvalue weighted by Gasteiger charge is 2.54. The van der Waals surface area contributed by atoms with Gasteiger partial charge in [-0.05, 0) is 68.4 Å². The number of carbonyl (C=O) groups is 3. The molecular formula is C20H24ClN3O4. The number of nitrogens with zero attached hydrogens (tertiary/aromatic N) is 1. The molecule has 1 aromatic heterocycles. The number of rotatable bonds is 6. The van der Waals surface area contributed by atoms with Crippen molar-refractivity contribution in [1.82, 2.24) is 10.3 Å². The Kier molecular flexibility index (Phi) is 5.27. The van der Waals surface area contributed by atoms with Crippen LogP contribution in [0.25, 0.3) is 0 Å². The largest absolute Gasteiger partial charge is 0.454 e. The first kappa shape index (κ1) is 19.2. The van der Waals surface area contributed by atoms with Crippen LogP contribution < -0.4 is 10.6 Å². The number of amides is 2. The number of halogens is 1. The predicted octanol–water partition coefficient (Wildman–Crippen LogP) is 2.55. The van der Waals surface area contributed by atoms with E-state index in [-0.39, 0.29) is 17.9 Å². The maximum Gasteiger partial charge on any atom is 0.325 e. The average Bonchev–Trinajstić information content (AvgIpc) is 2.65. The molecule has 1 heterocycles.